The molecule has 0 spiro atoms. The van der Waals surface area contributed by atoms with Crippen molar-refractivity contribution < 1.29 is 17.9 Å². The molecule has 17 heavy (non-hydrogen) atoms. The van der Waals surface area contributed by atoms with Crippen LogP contribution in [-0.2, 0) is 25.1 Å². The molecule has 0 amide bonds. The van der Waals surface area contributed by atoms with Crippen LogP contribution in [0.3, 0.4) is 0 Å². The van der Waals surface area contributed by atoms with Gasteiger partial charge in [0.05, 0.1) is 12.9 Å². The maximum atomic E-state index is 11.7. The number of hydrogen-bond donors (Lipinski definition) is 1. The molecule has 0 fully saturated rings. The molecule has 0 saturated heterocycles. The average Bonchev–Trinajstić information content (AvgIpc) is 2.23. The second kappa shape index (κ2) is 5.18. The minimum absolute atomic E-state index is 0.209. The standard InChI is InChI=1S/C11H15NO4S/c1-8-9(4-3-5-10(8)12)6-17(14,15)7-11(13)16-2/h3-5H,6-7,12H2,1-2H3. The molecule has 0 aliphatic heterocycles. The van der Waals surface area contributed by atoms with E-state index in [1.807, 2.05) is 0 Å². The normalized spacial score (nSPS) is 11.2. The number of carbonyl (C=O) groups is 1. The Labute approximate surface area is 100 Å². The van der Waals surface area contributed by atoms with Crippen LogP contribution < -0.4 is 5.73 Å². The molecule has 0 saturated carbocycles. The van der Waals surface area contributed by atoms with E-state index in [1.54, 1.807) is 25.1 Å². The van der Waals surface area contributed by atoms with E-state index in [0.717, 1.165) is 12.7 Å². The lowest BCUT2D eigenvalue weighted by atomic mass is 10.1. The summed E-state index contributed by atoms with van der Waals surface area (Å²) in [6.07, 6.45) is 0. The zero-order valence-corrected chi connectivity index (χ0v) is 10.6. The van der Waals surface area contributed by atoms with Crippen molar-refractivity contribution in [3.8, 4) is 0 Å². The molecule has 0 unspecified atom stereocenters. The molecule has 0 atom stereocenters. The van der Waals surface area contributed by atoms with Gasteiger partial charge in [0, 0.05) is 5.69 Å². The van der Waals surface area contributed by atoms with Crippen LogP contribution in [0.1, 0.15) is 11.1 Å². The lowest BCUT2D eigenvalue weighted by Gasteiger charge is -2.08. The largest absolute Gasteiger partial charge is 0.468 e. The van der Waals surface area contributed by atoms with Crippen molar-refractivity contribution in [3.63, 3.8) is 0 Å². The molecule has 0 bridgehead atoms. The molecule has 6 heteroatoms. The van der Waals surface area contributed by atoms with Gasteiger partial charge in [0.1, 0.15) is 5.75 Å². The lowest BCUT2D eigenvalue weighted by Crippen LogP contribution is -2.19. The van der Waals surface area contributed by atoms with Crippen LogP contribution in [0.5, 0.6) is 0 Å². The number of ether oxygens (including phenoxy) is 1. The monoisotopic (exact) mass is 257 g/mol. The molecule has 1 rings (SSSR count). The Bertz CT molecular complexity index is 522. The first-order valence-electron chi connectivity index (χ1n) is 4.97. The van der Waals surface area contributed by atoms with Gasteiger partial charge in [-0.15, -0.1) is 0 Å². The van der Waals surface area contributed by atoms with E-state index in [1.165, 1.54) is 0 Å². The number of benzene rings is 1. The van der Waals surface area contributed by atoms with Crippen molar-refractivity contribution in [1.29, 1.82) is 0 Å². The second-order valence-corrected chi connectivity index (χ2v) is 5.80. The quantitative estimate of drug-likeness (QED) is 0.632. The summed E-state index contributed by atoms with van der Waals surface area (Å²) in [5.74, 6) is -1.58. The maximum absolute atomic E-state index is 11.7. The predicted molar refractivity (Wildman–Crippen MR) is 65.1 cm³/mol. The number of methoxy groups -OCH3 is 1. The van der Waals surface area contributed by atoms with E-state index in [2.05, 4.69) is 4.74 Å². The van der Waals surface area contributed by atoms with Gasteiger partial charge < -0.3 is 10.5 Å². The third-order valence-electron chi connectivity index (χ3n) is 2.43. The molecule has 1 aromatic rings. The van der Waals surface area contributed by atoms with E-state index in [-0.39, 0.29) is 5.75 Å². The van der Waals surface area contributed by atoms with E-state index in [0.29, 0.717) is 11.3 Å². The van der Waals surface area contributed by atoms with Crippen molar-refractivity contribution in [2.75, 3.05) is 18.6 Å². The highest BCUT2D eigenvalue weighted by Gasteiger charge is 2.19. The fraction of sp³-hybridized carbons (Fsp3) is 0.364. The van der Waals surface area contributed by atoms with Crippen LogP contribution in [0.15, 0.2) is 18.2 Å². The van der Waals surface area contributed by atoms with Gasteiger partial charge in [-0.2, -0.15) is 0 Å². The summed E-state index contributed by atoms with van der Waals surface area (Å²) in [4.78, 5) is 10.9. The minimum Gasteiger partial charge on any atom is -0.468 e. The third-order valence-corrected chi connectivity index (χ3v) is 3.86. The van der Waals surface area contributed by atoms with E-state index in [4.69, 9.17) is 5.73 Å². The van der Waals surface area contributed by atoms with Crippen LogP contribution in [0.4, 0.5) is 5.69 Å². The zero-order chi connectivity index (χ0) is 13.1. The van der Waals surface area contributed by atoms with Crippen molar-refractivity contribution in [2.24, 2.45) is 0 Å². The molecule has 0 aliphatic carbocycles. The van der Waals surface area contributed by atoms with Crippen molar-refractivity contribution in [3.05, 3.63) is 29.3 Å². The van der Waals surface area contributed by atoms with Gasteiger partial charge in [-0.05, 0) is 24.1 Å². The highest BCUT2D eigenvalue weighted by atomic mass is 32.2. The topological polar surface area (TPSA) is 86.5 Å². The van der Waals surface area contributed by atoms with Crippen molar-refractivity contribution >= 4 is 21.5 Å². The number of hydrogen-bond acceptors (Lipinski definition) is 5. The van der Waals surface area contributed by atoms with Gasteiger partial charge in [0.2, 0.25) is 0 Å². The molecule has 0 heterocycles. The number of esters is 1. The van der Waals surface area contributed by atoms with Gasteiger partial charge in [-0.1, -0.05) is 12.1 Å². The SMILES string of the molecule is COC(=O)CS(=O)(=O)Cc1cccc(N)c1C. The summed E-state index contributed by atoms with van der Waals surface area (Å²) in [6.45, 7) is 1.75. The summed E-state index contributed by atoms with van der Waals surface area (Å²) >= 11 is 0. The van der Waals surface area contributed by atoms with Gasteiger partial charge in [-0.3, -0.25) is 4.79 Å². The summed E-state index contributed by atoms with van der Waals surface area (Å²) in [5.41, 5.74) is 7.55. The maximum Gasteiger partial charge on any atom is 0.320 e. The molecule has 0 aromatic heterocycles. The first kappa shape index (κ1) is 13.5. The number of sulfone groups is 1. The fourth-order valence-electron chi connectivity index (χ4n) is 1.39. The van der Waals surface area contributed by atoms with Crippen LogP contribution in [-0.4, -0.2) is 27.2 Å². The predicted octanol–water partition coefficient (Wildman–Crippen LogP) is 0.665. The molecule has 94 valence electrons. The minimum atomic E-state index is -3.52. The number of anilines is 1. The summed E-state index contributed by atoms with van der Waals surface area (Å²) in [7, 11) is -2.36. The Morgan fingerprint density at radius 1 is 1.41 bits per heavy atom. The van der Waals surface area contributed by atoms with E-state index in [9.17, 15) is 13.2 Å². The Kier molecular flexibility index (Phi) is 4.11. The number of nitrogen functional groups attached to an aromatic ring is 1. The van der Waals surface area contributed by atoms with Crippen molar-refractivity contribution in [1.82, 2.24) is 0 Å². The average molecular weight is 257 g/mol. The summed E-state index contributed by atoms with van der Waals surface area (Å²) in [6, 6.07) is 5.07. The number of rotatable bonds is 4. The van der Waals surface area contributed by atoms with Gasteiger partial charge in [0.15, 0.2) is 9.84 Å². The second-order valence-electron chi connectivity index (χ2n) is 3.74. The fourth-order valence-corrected chi connectivity index (χ4v) is 2.75. The van der Waals surface area contributed by atoms with Crippen molar-refractivity contribution in [2.45, 2.75) is 12.7 Å². The van der Waals surface area contributed by atoms with E-state index >= 15 is 0 Å². The summed E-state index contributed by atoms with van der Waals surface area (Å²) in [5, 5.41) is 0. The van der Waals surface area contributed by atoms with Gasteiger partial charge in [0.25, 0.3) is 0 Å². The molecule has 1 aromatic carbocycles. The Morgan fingerprint density at radius 3 is 2.65 bits per heavy atom. The van der Waals surface area contributed by atoms with Crippen LogP contribution in [0, 0.1) is 6.92 Å². The molecule has 2 N–H and O–H groups in total. The van der Waals surface area contributed by atoms with Crippen LogP contribution in [0.25, 0.3) is 0 Å². The highest BCUT2D eigenvalue weighted by molar-refractivity contribution is 7.91. The Morgan fingerprint density at radius 2 is 2.06 bits per heavy atom. The number of nitrogens with two attached hydrogens (primary N) is 1. The zero-order valence-electron chi connectivity index (χ0n) is 9.76. The molecule has 0 radical (unpaired) electrons. The van der Waals surface area contributed by atoms with Gasteiger partial charge in [-0.25, -0.2) is 8.42 Å². The van der Waals surface area contributed by atoms with Crippen LogP contribution >= 0.6 is 0 Å². The Hall–Kier alpha value is -1.56. The number of carbonyl (C=O) groups excluding carboxylic acids is 1. The molecule has 0 aliphatic rings. The highest BCUT2D eigenvalue weighted by Crippen LogP contribution is 2.18. The summed E-state index contributed by atoms with van der Waals surface area (Å²) < 4.78 is 27.7. The van der Waals surface area contributed by atoms with Crippen LogP contribution in [0.2, 0.25) is 0 Å². The molecular weight excluding hydrogens is 242 g/mol. The smallest absolute Gasteiger partial charge is 0.320 e. The third kappa shape index (κ3) is 3.74. The van der Waals surface area contributed by atoms with Gasteiger partial charge >= 0.3 is 5.97 Å². The van der Waals surface area contributed by atoms with E-state index < -0.39 is 21.6 Å². The molecular formula is C11H15NO4S. The first-order valence-corrected chi connectivity index (χ1v) is 6.79. The Balaban J connectivity index is 2.91. The molecule has 5 nitrogen and oxygen atoms in total. The first-order chi connectivity index (χ1) is 7.85. The lowest BCUT2D eigenvalue weighted by molar-refractivity contribution is -0.137.